The quantitative estimate of drug-likeness (QED) is 0.127. The van der Waals surface area contributed by atoms with Gasteiger partial charge in [-0.05, 0) is 151 Å². The summed E-state index contributed by atoms with van der Waals surface area (Å²) in [7, 11) is 0. The molecule has 0 saturated carbocycles. The maximum Gasteiger partial charge on any atom is 0.142 e. The van der Waals surface area contributed by atoms with Gasteiger partial charge in [0.1, 0.15) is 11.3 Å². The van der Waals surface area contributed by atoms with E-state index in [1.54, 1.807) is 0 Å². The molecule has 0 unspecified atom stereocenters. The first-order valence-corrected chi connectivity index (χ1v) is 24.0. The molecule has 2 aliphatic carbocycles. The van der Waals surface area contributed by atoms with Crippen LogP contribution in [-0.4, -0.2) is 0 Å². The predicted octanol–water partition coefficient (Wildman–Crippen LogP) is 18.5. The van der Waals surface area contributed by atoms with Crippen molar-refractivity contribution in [2.24, 2.45) is 0 Å². The largest absolute Gasteiger partial charge is 0.455 e. The van der Waals surface area contributed by atoms with Crippen LogP contribution in [0.25, 0.3) is 127 Å². The lowest BCUT2D eigenvalue weighted by Crippen LogP contribution is -2.26. The third kappa shape index (κ3) is 4.98. The van der Waals surface area contributed by atoms with E-state index in [4.69, 9.17) is 4.42 Å². The van der Waals surface area contributed by atoms with Gasteiger partial charge in [0.2, 0.25) is 0 Å². The van der Waals surface area contributed by atoms with E-state index >= 15 is 0 Å². The Balaban J connectivity index is 1.02. The Labute approximate surface area is 399 Å². The molecule has 13 aromatic rings. The van der Waals surface area contributed by atoms with Crippen molar-refractivity contribution in [2.75, 3.05) is 0 Å². The third-order valence-electron chi connectivity index (χ3n) is 15.8. The van der Waals surface area contributed by atoms with E-state index in [1.807, 2.05) is 6.08 Å². The highest BCUT2D eigenvalue weighted by Crippen LogP contribution is 2.66. The van der Waals surface area contributed by atoms with Crippen molar-refractivity contribution in [3.05, 3.63) is 258 Å². The lowest BCUT2D eigenvalue weighted by Gasteiger charge is -2.32. The molecule has 15 rings (SSSR count). The zero-order valence-electron chi connectivity index (χ0n) is 38.0. The third-order valence-corrected chi connectivity index (χ3v) is 15.8. The van der Waals surface area contributed by atoms with Crippen molar-refractivity contribution >= 4 is 70.9 Å². The normalized spacial score (nSPS) is 13.2. The van der Waals surface area contributed by atoms with Gasteiger partial charge < -0.3 is 4.42 Å². The summed E-state index contributed by atoms with van der Waals surface area (Å²) in [5.74, 6) is 0.860. The van der Waals surface area contributed by atoms with E-state index in [-0.39, 0.29) is 0 Å². The molecular weight excluding hydrogens is 833 g/mol. The Morgan fingerprint density at radius 1 is 0.377 bits per heavy atom. The maximum atomic E-state index is 6.62. The van der Waals surface area contributed by atoms with Gasteiger partial charge in [-0.15, -0.1) is 0 Å². The second kappa shape index (κ2) is 14.1. The Morgan fingerprint density at radius 3 is 1.51 bits per heavy atom. The van der Waals surface area contributed by atoms with E-state index in [1.165, 1.54) is 121 Å². The molecule has 1 heterocycles. The Morgan fingerprint density at radius 2 is 0.884 bits per heavy atom. The number of aryl methyl sites for hydroxylation is 1. The zero-order chi connectivity index (χ0) is 45.5. The monoisotopic (exact) mass is 874 g/mol. The van der Waals surface area contributed by atoms with Gasteiger partial charge in [0.25, 0.3) is 0 Å². The first-order valence-electron chi connectivity index (χ1n) is 24.0. The first-order chi connectivity index (χ1) is 34.1. The number of fused-ring (bicyclic) bond motifs is 20. The van der Waals surface area contributed by atoms with Crippen LogP contribution in [0.2, 0.25) is 0 Å². The summed E-state index contributed by atoms with van der Waals surface area (Å²) < 4.78 is 6.62. The Hall–Kier alpha value is -8.78. The minimum absolute atomic E-state index is 0.505. The van der Waals surface area contributed by atoms with Gasteiger partial charge in [0.15, 0.2) is 0 Å². The second-order valence-corrected chi connectivity index (χ2v) is 19.0. The van der Waals surface area contributed by atoms with E-state index in [2.05, 4.69) is 232 Å². The van der Waals surface area contributed by atoms with Crippen molar-refractivity contribution in [3.63, 3.8) is 0 Å². The van der Waals surface area contributed by atoms with Crippen LogP contribution >= 0.6 is 0 Å². The van der Waals surface area contributed by atoms with Gasteiger partial charge in [-0.2, -0.15) is 0 Å². The number of hydrogen-bond acceptors (Lipinski definition) is 1. The SMILES string of the molecule is C=Cc1c(-c2ccccc2C)oc2ccc(-c3c4ccccc4c(-c4ccc5c6c(c7ccccc7c5c4)-c4c(ccc5ccccc45)C64c5ccccc5-c5ccccc54)c4ccccc34)cc12. The summed E-state index contributed by atoms with van der Waals surface area (Å²) in [6, 6.07) is 81.7. The summed E-state index contributed by atoms with van der Waals surface area (Å²) in [5.41, 5.74) is 19.2. The number of furan rings is 1. The average Bonchev–Trinajstić information content (AvgIpc) is 4.04. The molecule has 0 amide bonds. The second-order valence-electron chi connectivity index (χ2n) is 19.0. The number of rotatable bonds is 4. The van der Waals surface area contributed by atoms with Crippen LogP contribution < -0.4 is 0 Å². The minimum Gasteiger partial charge on any atom is -0.455 e. The fourth-order valence-corrected chi connectivity index (χ4v) is 13.0. The molecule has 0 radical (unpaired) electrons. The highest BCUT2D eigenvalue weighted by atomic mass is 16.3. The molecule has 1 heteroatoms. The molecule has 0 aliphatic heterocycles. The van der Waals surface area contributed by atoms with Crippen molar-refractivity contribution in [2.45, 2.75) is 12.3 Å². The molecule has 1 aromatic heterocycles. The molecule has 0 bridgehead atoms. The molecule has 1 nitrogen and oxygen atoms in total. The topological polar surface area (TPSA) is 13.1 Å². The van der Waals surface area contributed by atoms with Gasteiger partial charge in [-0.25, -0.2) is 0 Å². The minimum atomic E-state index is -0.505. The maximum absolute atomic E-state index is 6.62. The Bertz CT molecular complexity index is 4300. The fourth-order valence-electron chi connectivity index (χ4n) is 13.0. The standard InChI is InChI=1S/C68H42O/c1-3-44-57-39-43(34-37-61(57)69-67(44)45-20-6-4-18-40(45)2)63-53-28-12-10-26-51(53)62(52-27-11-13-29-54(52)63)42-32-35-55-56(38-42)47-22-8-9-25-50(47)65-64-46-21-7-5-19-41(46)33-36-60(64)68(66(55)65)58-30-16-14-23-48(58)49-24-15-17-31-59(49)68/h3-39H,1H2,2H3. The van der Waals surface area contributed by atoms with E-state index < -0.39 is 5.41 Å². The van der Waals surface area contributed by atoms with E-state index in [0.717, 1.165) is 33.4 Å². The molecule has 320 valence electrons. The predicted molar refractivity (Wildman–Crippen MR) is 291 cm³/mol. The molecule has 0 N–H and O–H groups in total. The summed E-state index contributed by atoms with van der Waals surface area (Å²) in [6.45, 7) is 6.41. The van der Waals surface area contributed by atoms with Gasteiger partial charge in [0.05, 0.1) is 5.41 Å². The summed E-state index contributed by atoms with van der Waals surface area (Å²) in [6.07, 6.45) is 1.95. The molecule has 1 spiro atoms. The first kappa shape index (κ1) is 38.3. The van der Waals surface area contributed by atoms with Gasteiger partial charge >= 0.3 is 0 Å². The summed E-state index contributed by atoms with van der Waals surface area (Å²) >= 11 is 0. The van der Waals surface area contributed by atoms with Crippen LogP contribution in [0.4, 0.5) is 0 Å². The zero-order valence-corrected chi connectivity index (χ0v) is 38.0. The molecule has 0 fully saturated rings. The average molecular weight is 875 g/mol. The fraction of sp³-hybridized carbons (Fsp3) is 0.0294. The molecule has 0 saturated heterocycles. The molecule has 69 heavy (non-hydrogen) atoms. The van der Waals surface area contributed by atoms with Crippen LogP contribution in [0, 0.1) is 6.92 Å². The van der Waals surface area contributed by atoms with Crippen LogP contribution in [0.1, 0.15) is 33.4 Å². The molecular formula is C68H42O. The van der Waals surface area contributed by atoms with Crippen LogP contribution in [0.5, 0.6) is 0 Å². The number of benzene rings is 12. The van der Waals surface area contributed by atoms with Crippen molar-refractivity contribution in [1.29, 1.82) is 0 Å². The van der Waals surface area contributed by atoms with E-state index in [0.29, 0.717) is 0 Å². The van der Waals surface area contributed by atoms with Gasteiger partial charge in [-0.1, -0.05) is 213 Å². The lowest BCUT2D eigenvalue weighted by molar-refractivity contribution is 0.630. The number of hydrogen-bond donors (Lipinski definition) is 0. The van der Waals surface area contributed by atoms with Gasteiger partial charge in [0, 0.05) is 16.5 Å². The summed E-state index contributed by atoms with van der Waals surface area (Å²) in [4.78, 5) is 0. The molecule has 2 aliphatic rings. The molecule has 12 aromatic carbocycles. The highest BCUT2D eigenvalue weighted by Gasteiger charge is 2.53. The van der Waals surface area contributed by atoms with Crippen molar-refractivity contribution < 1.29 is 4.42 Å². The van der Waals surface area contributed by atoms with Crippen LogP contribution in [0.3, 0.4) is 0 Å². The van der Waals surface area contributed by atoms with Crippen molar-refractivity contribution in [3.8, 4) is 55.8 Å². The smallest absolute Gasteiger partial charge is 0.142 e. The summed E-state index contributed by atoms with van der Waals surface area (Å²) in [5, 5.41) is 13.6. The van der Waals surface area contributed by atoms with Gasteiger partial charge in [-0.3, -0.25) is 0 Å². The van der Waals surface area contributed by atoms with Crippen LogP contribution in [0.15, 0.2) is 229 Å². The lowest BCUT2D eigenvalue weighted by atomic mass is 9.69. The highest BCUT2D eigenvalue weighted by molar-refractivity contribution is 6.26. The molecule has 0 atom stereocenters. The van der Waals surface area contributed by atoms with Crippen molar-refractivity contribution in [1.82, 2.24) is 0 Å². The Kier molecular flexibility index (Phi) is 7.85. The van der Waals surface area contributed by atoms with E-state index in [9.17, 15) is 0 Å². The van der Waals surface area contributed by atoms with Crippen LogP contribution in [-0.2, 0) is 5.41 Å².